The molecule has 1 aliphatic carbocycles. The highest BCUT2D eigenvalue weighted by Crippen LogP contribution is 2.35. The summed E-state index contributed by atoms with van der Waals surface area (Å²) in [6.45, 7) is 3.41. The maximum absolute atomic E-state index is 11.8. The van der Waals surface area contributed by atoms with E-state index in [1.54, 1.807) is 0 Å². The third-order valence-corrected chi connectivity index (χ3v) is 5.23. The minimum absolute atomic E-state index is 0.0192. The fourth-order valence-electron chi connectivity index (χ4n) is 3.97. The highest BCUT2D eigenvalue weighted by atomic mass is 16.6. The molecular formula is C17H30N2O4. The van der Waals surface area contributed by atoms with Gasteiger partial charge in [0.15, 0.2) is 0 Å². The van der Waals surface area contributed by atoms with E-state index in [0.29, 0.717) is 32.0 Å². The van der Waals surface area contributed by atoms with E-state index in [1.807, 2.05) is 6.92 Å². The summed E-state index contributed by atoms with van der Waals surface area (Å²) in [5, 5.41) is 16.8. The van der Waals surface area contributed by atoms with Crippen molar-refractivity contribution in [1.82, 2.24) is 10.6 Å². The molecule has 0 bridgehead atoms. The Morgan fingerprint density at radius 1 is 1.26 bits per heavy atom. The van der Waals surface area contributed by atoms with Crippen molar-refractivity contribution in [3.05, 3.63) is 0 Å². The fourth-order valence-corrected chi connectivity index (χ4v) is 3.97. The molecule has 5 atom stereocenters. The van der Waals surface area contributed by atoms with Crippen LogP contribution in [0.5, 0.6) is 0 Å². The van der Waals surface area contributed by atoms with Gasteiger partial charge in [-0.15, -0.1) is 0 Å². The van der Waals surface area contributed by atoms with E-state index >= 15 is 0 Å². The molecule has 132 valence electrons. The zero-order valence-corrected chi connectivity index (χ0v) is 14.0. The number of rotatable bonds is 7. The summed E-state index contributed by atoms with van der Waals surface area (Å²) in [6.07, 6.45) is 5.72. The first kappa shape index (κ1) is 17.1. The molecule has 5 unspecified atom stereocenters. The lowest BCUT2D eigenvalue weighted by atomic mass is 10.1. The topological polar surface area (TPSA) is 79.8 Å². The fraction of sp³-hybridized carbons (Fsp3) is 0.941. The second-order valence-corrected chi connectivity index (χ2v) is 7.11. The van der Waals surface area contributed by atoms with Crippen LogP contribution in [-0.2, 0) is 14.3 Å². The van der Waals surface area contributed by atoms with Gasteiger partial charge < -0.3 is 25.2 Å². The van der Waals surface area contributed by atoms with Gasteiger partial charge in [-0.1, -0.05) is 19.8 Å². The van der Waals surface area contributed by atoms with E-state index in [1.165, 1.54) is 25.7 Å². The number of amides is 1. The first-order valence-electron chi connectivity index (χ1n) is 9.16. The number of carbonyl (C=O) groups is 1. The van der Waals surface area contributed by atoms with E-state index < -0.39 is 6.10 Å². The van der Waals surface area contributed by atoms with Gasteiger partial charge in [-0.25, -0.2) is 0 Å². The maximum Gasteiger partial charge on any atom is 0.222 e. The lowest BCUT2D eigenvalue weighted by Crippen LogP contribution is -2.41. The summed E-state index contributed by atoms with van der Waals surface area (Å²) in [6, 6.07) is 0.571. The molecule has 6 heteroatoms. The maximum atomic E-state index is 11.8. The Hall–Kier alpha value is -0.690. The van der Waals surface area contributed by atoms with Crippen LogP contribution in [0.25, 0.3) is 0 Å². The average Bonchev–Trinajstić information content (AvgIpc) is 3.22. The molecule has 0 aromatic carbocycles. The first-order valence-corrected chi connectivity index (χ1v) is 9.16. The third-order valence-electron chi connectivity index (χ3n) is 5.23. The number of nitrogens with one attached hydrogen (secondary N) is 2. The number of hydrogen-bond acceptors (Lipinski definition) is 5. The van der Waals surface area contributed by atoms with Crippen LogP contribution in [0.4, 0.5) is 0 Å². The Morgan fingerprint density at radius 2 is 2.04 bits per heavy atom. The normalized spacial score (nSPS) is 37.2. The number of hydrogen-bond donors (Lipinski definition) is 3. The molecule has 0 radical (unpaired) electrons. The largest absolute Gasteiger partial charge is 0.388 e. The molecule has 0 aromatic heterocycles. The van der Waals surface area contributed by atoms with Crippen molar-refractivity contribution < 1.29 is 19.4 Å². The molecule has 6 nitrogen and oxygen atoms in total. The molecule has 1 saturated carbocycles. The average molecular weight is 326 g/mol. The van der Waals surface area contributed by atoms with E-state index in [0.717, 1.165) is 6.42 Å². The predicted molar refractivity (Wildman–Crippen MR) is 86.1 cm³/mol. The van der Waals surface area contributed by atoms with E-state index in [-0.39, 0.29) is 30.3 Å². The Morgan fingerprint density at radius 3 is 2.74 bits per heavy atom. The van der Waals surface area contributed by atoms with Gasteiger partial charge in [0, 0.05) is 25.6 Å². The second kappa shape index (κ2) is 7.92. The Balaban J connectivity index is 1.41. The smallest absolute Gasteiger partial charge is 0.222 e. The molecule has 23 heavy (non-hydrogen) atoms. The van der Waals surface area contributed by atoms with Crippen LogP contribution in [0.2, 0.25) is 0 Å². The first-order chi connectivity index (χ1) is 11.2. The monoisotopic (exact) mass is 326 g/mol. The molecule has 2 aliphatic heterocycles. The van der Waals surface area contributed by atoms with E-state index in [4.69, 9.17) is 9.47 Å². The highest BCUT2D eigenvalue weighted by Gasteiger charge is 2.50. The van der Waals surface area contributed by atoms with Crippen molar-refractivity contribution in [3.63, 3.8) is 0 Å². The van der Waals surface area contributed by atoms with Gasteiger partial charge >= 0.3 is 0 Å². The van der Waals surface area contributed by atoms with Crippen LogP contribution in [-0.4, -0.2) is 60.7 Å². The third kappa shape index (κ3) is 4.24. The predicted octanol–water partition coefficient (Wildman–Crippen LogP) is 0.721. The van der Waals surface area contributed by atoms with Gasteiger partial charge in [0.2, 0.25) is 5.91 Å². The molecule has 3 fully saturated rings. The summed E-state index contributed by atoms with van der Waals surface area (Å²) >= 11 is 0. The quantitative estimate of drug-likeness (QED) is 0.642. The number of aliphatic hydroxyl groups is 1. The molecule has 0 aromatic rings. The molecule has 2 heterocycles. The zero-order chi connectivity index (χ0) is 16.2. The van der Waals surface area contributed by atoms with Gasteiger partial charge in [-0.3, -0.25) is 4.79 Å². The van der Waals surface area contributed by atoms with Crippen LogP contribution in [0.15, 0.2) is 0 Å². The molecule has 0 spiro atoms. The SMILES string of the molecule is CCCNC(=O)CC1CC2OC(CNC3CCCC3)C(O)C2O1. The number of fused-ring (bicyclic) bond motifs is 1. The lowest BCUT2D eigenvalue weighted by molar-refractivity contribution is -0.124. The number of aliphatic hydroxyl groups excluding tert-OH is 1. The molecule has 3 aliphatic rings. The Bertz CT molecular complexity index is 400. The van der Waals surface area contributed by atoms with E-state index in [2.05, 4.69) is 10.6 Å². The van der Waals surface area contributed by atoms with Crippen LogP contribution in [0, 0.1) is 0 Å². The van der Waals surface area contributed by atoms with Crippen LogP contribution >= 0.6 is 0 Å². The van der Waals surface area contributed by atoms with Crippen molar-refractivity contribution in [2.75, 3.05) is 13.1 Å². The van der Waals surface area contributed by atoms with Crippen molar-refractivity contribution >= 4 is 5.91 Å². The minimum atomic E-state index is -0.599. The molecule has 2 saturated heterocycles. The van der Waals surface area contributed by atoms with Crippen LogP contribution < -0.4 is 10.6 Å². The van der Waals surface area contributed by atoms with E-state index in [9.17, 15) is 9.90 Å². The zero-order valence-electron chi connectivity index (χ0n) is 14.0. The number of carbonyl (C=O) groups excluding carboxylic acids is 1. The molecule has 1 amide bonds. The lowest BCUT2D eigenvalue weighted by Gasteiger charge is -2.21. The van der Waals surface area contributed by atoms with Crippen molar-refractivity contribution in [2.45, 2.75) is 88.4 Å². The van der Waals surface area contributed by atoms with Crippen LogP contribution in [0.1, 0.15) is 51.9 Å². The molecule has 3 N–H and O–H groups in total. The Labute approximate surface area is 138 Å². The highest BCUT2D eigenvalue weighted by molar-refractivity contribution is 5.76. The van der Waals surface area contributed by atoms with Gasteiger partial charge in [-0.2, -0.15) is 0 Å². The second-order valence-electron chi connectivity index (χ2n) is 7.11. The van der Waals surface area contributed by atoms with Gasteiger partial charge in [0.05, 0.1) is 24.7 Å². The van der Waals surface area contributed by atoms with Crippen molar-refractivity contribution in [3.8, 4) is 0 Å². The summed E-state index contributed by atoms with van der Waals surface area (Å²) in [5.41, 5.74) is 0. The van der Waals surface area contributed by atoms with Gasteiger partial charge in [0.1, 0.15) is 12.2 Å². The summed E-state index contributed by atoms with van der Waals surface area (Å²) in [7, 11) is 0. The molecular weight excluding hydrogens is 296 g/mol. The van der Waals surface area contributed by atoms with Gasteiger partial charge in [0.25, 0.3) is 0 Å². The minimum Gasteiger partial charge on any atom is -0.388 e. The van der Waals surface area contributed by atoms with Crippen LogP contribution in [0.3, 0.4) is 0 Å². The number of ether oxygens (including phenoxy) is 2. The van der Waals surface area contributed by atoms with Crippen molar-refractivity contribution in [1.29, 1.82) is 0 Å². The summed E-state index contributed by atoms with van der Waals surface area (Å²) in [5.74, 6) is 0.0192. The molecule has 3 rings (SSSR count). The standard InChI is InChI=1S/C17H30N2O4/c1-2-7-18-15(20)9-12-8-13-17(22-12)16(21)14(23-13)10-19-11-5-3-4-6-11/h11-14,16-17,19,21H,2-10H2,1H3,(H,18,20). The Kier molecular flexibility index (Phi) is 5.91. The van der Waals surface area contributed by atoms with Gasteiger partial charge in [-0.05, 0) is 19.3 Å². The summed E-state index contributed by atoms with van der Waals surface area (Å²) < 4.78 is 11.9. The summed E-state index contributed by atoms with van der Waals surface area (Å²) in [4.78, 5) is 11.8. The van der Waals surface area contributed by atoms with Crippen molar-refractivity contribution in [2.24, 2.45) is 0 Å².